The molecule has 1 saturated heterocycles. The number of carboxylic acid groups (broad SMARTS) is 1. The Labute approximate surface area is 125 Å². The number of benzene rings is 1. The van der Waals surface area contributed by atoms with Gasteiger partial charge in [0.2, 0.25) is 5.91 Å². The third-order valence-electron chi connectivity index (χ3n) is 3.99. The van der Waals surface area contributed by atoms with Crippen LogP contribution in [-0.4, -0.2) is 47.1 Å². The largest absolute Gasteiger partial charge is 0.480 e. The maximum absolute atomic E-state index is 12.1. The van der Waals surface area contributed by atoms with Gasteiger partial charge >= 0.3 is 5.97 Å². The van der Waals surface area contributed by atoms with E-state index in [1.807, 2.05) is 18.2 Å². The van der Waals surface area contributed by atoms with Crippen molar-refractivity contribution in [1.82, 2.24) is 10.2 Å². The summed E-state index contributed by atoms with van der Waals surface area (Å²) in [6.45, 7) is 3.48. The zero-order valence-electron chi connectivity index (χ0n) is 12.3. The molecular formula is C16H22N2O3. The molecular weight excluding hydrogens is 268 g/mol. The van der Waals surface area contributed by atoms with Crippen LogP contribution in [0.5, 0.6) is 0 Å². The van der Waals surface area contributed by atoms with Gasteiger partial charge in [-0.2, -0.15) is 0 Å². The third-order valence-corrected chi connectivity index (χ3v) is 3.99. The second-order valence-electron chi connectivity index (χ2n) is 5.38. The summed E-state index contributed by atoms with van der Waals surface area (Å²) in [7, 11) is 0. The van der Waals surface area contributed by atoms with Crippen molar-refractivity contribution in [2.45, 2.75) is 38.3 Å². The van der Waals surface area contributed by atoms with Crippen LogP contribution in [0.15, 0.2) is 30.3 Å². The molecule has 1 aliphatic rings. The molecule has 1 aromatic rings. The van der Waals surface area contributed by atoms with Gasteiger partial charge in [-0.15, -0.1) is 0 Å². The summed E-state index contributed by atoms with van der Waals surface area (Å²) in [4.78, 5) is 25.2. The molecule has 0 saturated carbocycles. The molecule has 1 amide bonds. The number of amides is 1. The summed E-state index contributed by atoms with van der Waals surface area (Å²) in [5, 5.41) is 11.6. The van der Waals surface area contributed by atoms with Crippen molar-refractivity contribution in [2.24, 2.45) is 0 Å². The van der Waals surface area contributed by atoms with Gasteiger partial charge in [0.15, 0.2) is 0 Å². The van der Waals surface area contributed by atoms with Crippen molar-refractivity contribution in [3.63, 3.8) is 0 Å². The fraction of sp³-hybridized carbons (Fsp3) is 0.500. The van der Waals surface area contributed by atoms with E-state index < -0.39 is 12.0 Å². The average molecular weight is 290 g/mol. The Morgan fingerprint density at radius 1 is 1.38 bits per heavy atom. The highest BCUT2D eigenvalue weighted by Crippen LogP contribution is 2.18. The van der Waals surface area contributed by atoms with Gasteiger partial charge in [-0.3, -0.25) is 9.69 Å². The highest BCUT2D eigenvalue weighted by Gasteiger charge is 2.35. The lowest BCUT2D eigenvalue weighted by molar-refractivity contribution is -0.143. The second-order valence-corrected chi connectivity index (χ2v) is 5.38. The van der Waals surface area contributed by atoms with Crippen molar-refractivity contribution in [1.29, 1.82) is 0 Å². The molecule has 1 aliphatic heterocycles. The number of rotatable bonds is 7. The van der Waals surface area contributed by atoms with Crippen LogP contribution < -0.4 is 5.32 Å². The molecule has 0 aromatic heterocycles. The van der Waals surface area contributed by atoms with E-state index in [-0.39, 0.29) is 11.9 Å². The van der Waals surface area contributed by atoms with E-state index in [1.54, 1.807) is 6.92 Å². The molecule has 5 heteroatoms. The predicted octanol–water partition coefficient (Wildman–Crippen LogP) is 1.28. The maximum atomic E-state index is 12.1. The molecule has 1 heterocycles. The normalized spacial score (nSPS) is 19.6. The topological polar surface area (TPSA) is 69.6 Å². The summed E-state index contributed by atoms with van der Waals surface area (Å²) < 4.78 is 0. The van der Waals surface area contributed by atoms with E-state index in [0.29, 0.717) is 6.42 Å². The molecule has 21 heavy (non-hydrogen) atoms. The summed E-state index contributed by atoms with van der Waals surface area (Å²) in [6, 6.07) is 9.19. The molecule has 2 rings (SSSR count). The monoisotopic (exact) mass is 290 g/mol. The number of aliphatic carboxylic acids is 1. The van der Waals surface area contributed by atoms with Crippen molar-refractivity contribution in [3.8, 4) is 0 Å². The number of hydrogen-bond donors (Lipinski definition) is 2. The highest BCUT2D eigenvalue weighted by atomic mass is 16.4. The van der Waals surface area contributed by atoms with E-state index in [9.17, 15) is 9.59 Å². The Hall–Kier alpha value is -1.88. The Morgan fingerprint density at radius 3 is 2.62 bits per heavy atom. The molecule has 1 fully saturated rings. The van der Waals surface area contributed by atoms with Crippen LogP contribution in [0, 0.1) is 0 Å². The smallest absolute Gasteiger partial charge is 0.326 e. The summed E-state index contributed by atoms with van der Waals surface area (Å²) in [5.41, 5.74) is 1.25. The van der Waals surface area contributed by atoms with Crippen molar-refractivity contribution >= 4 is 11.9 Å². The van der Waals surface area contributed by atoms with Crippen LogP contribution in [0.2, 0.25) is 0 Å². The minimum atomic E-state index is -0.971. The summed E-state index contributed by atoms with van der Waals surface area (Å²) in [5.74, 6) is -1.13. The molecule has 2 N–H and O–H groups in total. The molecule has 0 aliphatic carbocycles. The van der Waals surface area contributed by atoms with Gasteiger partial charge in [0, 0.05) is 13.1 Å². The van der Waals surface area contributed by atoms with Gasteiger partial charge in [-0.05, 0) is 24.8 Å². The summed E-state index contributed by atoms with van der Waals surface area (Å²) in [6.07, 6.45) is 2.11. The van der Waals surface area contributed by atoms with Gasteiger partial charge in [0.25, 0.3) is 0 Å². The first kappa shape index (κ1) is 15.5. The first-order valence-corrected chi connectivity index (χ1v) is 7.43. The van der Waals surface area contributed by atoms with Crippen molar-refractivity contribution in [3.05, 3.63) is 35.9 Å². The Balaban J connectivity index is 1.81. The van der Waals surface area contributed by atoms with Crippen LogP contribution in [0.3, 0.4) is 0 Å². The molecule has 0 spiro atoms. The number of carboxylic acids is 1. The molecule has 1 aromatic carbocycles. The van der Waals surface area contributed by atoms with Gasteiger partial charge < -0.3 is 10.4 Å². The second kappa shape index (κ2) is 7.22. The first-order valence-electron chi connectivity index (χ1n) is 7.43. The molecule has 114 valence electrons. The lowest BCUT2D eigenvalue weighted by atomic mass is 10.00. The Morgan fingerprint density at radius 2 is 2.10 bits per heavy atom. The maximum Gasteiger partial charge on any atom is 0.326 e. The lowest BCUT2D eigenvalue weighted by Gasteiger charge is -2.40. The number of likely N-dealkylation sites (tertiary alicyclic amines) is 1. The van der Waals surface area contributed by atoms with E-state index in [1.165, 1.54) is 5.56 Å². The number of hydrogen-bond acceptors (Lipinski definition) is 3. The minimum Gasteiger partial charge on any atom is -0.480 e. The number of carbonyl (C=O) groups excluding carboxylic acids is 1. The van der Waals surface area contributed by atoms with Crippen LogP contribution in [-0.2, 0) is 16.0 Å². The van der Waals surface area contributed by atoms with Crippen LogP contribution in [0.25, 0.3) is 0 Å². The quantitative estimate of drug-likeness (QED) is 0.794. The lowest BCUT2D eigenvalue weighted by Crippen LogP contribution is -2.58. The van der Waals surface area contributed by atoms with Gasteiger partial charge in [-0.1, -0.05) is 37.3 Å². The SMILES string of the molecule is CCC(NC(=O)C1CCN1CCc1ccccc1)C(=O)O. The number of nitrogens with zero attached hydrogens (tertiary/aromatic N) is 1. The minimum absolute atomic E-state index is 0.163. The predicted molar refractivity (Wildman–Crippen MR) is 80.0 cm³/mol. The molecule has 2 atom stereocenters. The third kappa shape index (κ3) is 4.04. The van der Waals surface area contributed by atoms with Crippen LogP contribution in [0.1, 0.15) is 25.3 Å². The zero-order valence-corrected chi connectivity index (χ0v) is 12.3. The van der Waals surface area contributed by atoms with E-state index >= 15 is 0 Å². The standard InChI is InChI=1S/C16H22N2O3/c1-2-13(16(20)21)17-15(19)14-9-11-18(14)10-8-12-6-4-3-5-7-12/h3-7,13-14H,2,8-11H2,1H3,(H,17,19)(H,20,21). The molecule has 0 bridgehead atoms. The van der Waals surface area contributed by atoms with Crippen LogP contribution in [0.4, 0.5) is 0 Å². The van der Waals surface area contributed by atoms with E-state index in [4.69, 9.17) is 5.11 Å². The molecule has 5 nitrogen and oxygen atoms in total. The van der Waals surface area contributed by atoms with Crippen molar-refractivity contribution < 1.29 is 14.7 Å². The highest BCUT2D eigenvalue weighted by molar-refractivity contribution is 5.87. The fourth-order valence-electron chi connectivity index (χ4n) is 2.53. The van der Waals surface area contributed by atoms with Gasteiger partial charge in [0.1, 0.15) is 6.04 Å². The van der Waals surface area contributed by atoms with Gasteiger partial charge in [0.05, 0.1) is 6.04 Å². The van der Waals surface area contributed by atoms with Crippen LogP contribution >= 0.6 is 0 Å². The fourth-order valence-corrected chi connectivity index (χ4v) is 2.53. The Kier molecular flexibility index (Phi) is 5.33. The number of nitrogens with one attached hydrogen (secondary N) is 1. The number of carbonyl (C=O) groups is 2. The van der Waals surface area contributed by atoms with Gasteiger partial charge in [-0.25, -0.2) is 4.79 Å². The Bertz CT molecular complexity index is 490. The average Bonchev–Trinajstić information content (AvgIpc) is 2.44. The van der Waals surface area contributed by atoms with E-state index in [0.717, 1.165) is 25.9 Å². The molecule has 0 radical (unpaired) electrons. The molecule has 2 unspecified atom stereocenters. The first-order chi connectivity index (χ1) is 10.1. The zero-order chi connectivity index (χ0) is 15.2. The van der Waals surface area contributed by atoms with Crippen molar-refractivity contribution in [2.75, 3.05) is 13.1 Å². The summed E-state index contributed by atoms with van der Waals surface area (Å²) >= 11 is 0. The van der Waals surface area contributed by atoms with E-state index in [2.05, 4.69) is 22.3 Å².